The van der Waals surface area contributed by atoms with Crippen LogP contribution in [0.15, 0.2) is 47.1 Å². The molecule has 0 unspecified atom stereocenters. The fourth-order valence-corrected chi connectivity index (χ4v) is 3.78. The van der Waals surface area contributed by atoms with Crippen LogP contribution in [-0.4, -0.2) is 26.7 Å². The van der Waals surface area contributed by atoms with E-state index in [1.807, 2.05) is 44.2 Å². The Morgan fingerprint density at radius 2 is 1.87 bits per heavy atom. The van der Waals surface area contributed by atoms with Gasteiger partial charge in [-0.3, -0.25) is 4.79 Å². The highest BCUT2D eigenvalue weighted by molar-refractivity contribution is 6.01. The van der Waals surface area contributed by atoms with Gasteiger partial charge in [-0.15, -0.1) is 0 Å². The lowest BCUT2D eigenvalue weighted by Crippen LogP contribution is -2.22. The third kappa shape index (κ3) is 4.93. The Balaban J connectivity index is 2.00. The molecule has 3 rings (SSSR count). The van der Waals surface area contributed by atoms with Crippen LogP contribution in [0.4, 0.5) is 0 Å². The van der Waals surface area contributed by atoms with E-state index in [0.717, 1.165) is 69.6 Å². The average Bonchev–Trinajstić information content (AvgIpc) is 3.21. The van der Waals surface area contributed by atoms with Crippen LogP contribution < -0.4 is 14.8 Å². The summed E-state index contributed by atoms with van der Waals surface area (Å²) >= 11 is 0. The van der Waals surface area contributed by atoms with E-state index >= 15 is 0 Å². The normalized spacial score (nSPS) is 11.6. The van der Waals surface area contributed by atoms with Gasteiger partial charge in [-0.1, -0.05) is 31.9 Å². The smallest absolute Gasteiger partial charge is 0.244 e. The maximum Gasteiger partial charge on any atom is 0.244 e. The monoisotopic (exact) mass is 421 g/mol. The first kappa shape index (κ1) is 22.5. The van der Waals surface area contributed by atoms with Gasteiger partial charge in [0.1, 0.15) is 17.1 Å². The molecule has 1 heterocycles. The van der Waals surface area contributed by atoms with E-state index in [1.54, 1.807) is 26.6 Å². The molecule has 0 bridgehead atoms. The predicted octanol–water partition coefficient (Wildman–Crippen LogP) is 6.14. The van der Waals surface area contributed by atoms with E-state index in [0.29, 0.717) is 6.54 Å². The zero-order chi connectivity index (χ0) is 22.4. The fourth-order valence-electron chi connectivity index (χ4n) is 3.78. The second-order valence-electron chi connectivity index (χ2n) is 7.66. The lowest BCUT2D eigenvalue weighted by atomic mass is 9.96. The van der Waals surface area contributed by atoms with Crippen LogP contribution in [0.2, 0.25) is 0 Å². The summed E-state index contributed by atoms with van der Waals surface area (Å²) in [5.74, 6) is 1.44. The lowest BCUT2D eigenvalue weighted by molar-refractivity contribution is -0.116. The fraction of sp³-hybridized carbons (Fsp3) is 0.346. The van der Waals surface area contributed by atoms with Gasteiger partial charge in [0.2, 0.25) is 5.91 Å². The number of fused-ring (bicyclic) bond motifs is 1. The molecule has 1 N–H and O–H groups in total. The largest absolute Gasteiger partial charge is 0.497 e. The Kier molecular flexibility index (Phi) is 7.40. The summed E-state index contributed by atoms with van der Waals surface area (Å²) in [6, 6.07) is 9.92. The molecule has 0 aliphatic rings. The van der Waals surface area contributed by atoms with E-state index in [4.69, 9.17) is 13.9 Å². The number of nitrogens with one attached hydrogen (secondary N) is 1. The zero-order valence-electron chi connectivity index (χ0n) is 19.0. The number of unbranched alkanes of at least 4 members (excludes halogenated alkanes) is 2. The SMILES string of the molecule is CCCCCNC(=O)/C=C(\C)c1cc2c(-c3ccc(OC)cc3)coc2c(C)c1OC. The molecule has 0 aliphatic heterocycles. The molecule has 5 heteroatoms. The summed E-state index contributed by atoms with van der Waals surface area (Å²) in [6.45, 7) is 6.74. The zero-order valence-corrected chi connectivity index (χ0v) is 19.0. The van der Waals surface area contributed by atoms with Gasteiger partial charge < -0.3 is 19.2 Å². The number of carbonyl (C=O) groups excluding carboxylic acids is 1. The molecule has 164 valence electrons. The highest BCUT2D eigenvalue weighted by atomic mass is 16.5. The van der Waals surface area contributed by atoms with E-state index in [1.165, 1.54) is 0 Å². The highest BCUT2D eigenvalue weighted by Crippen LogP contribution is 2.40. The first-order valence-corrected chi connectivity index (χ1v) is 10.7. The van der Waals surface area contributed by atoms with Crippen LogP contribution in [0.5, 0.6) is 11.5 Å². The number of methoxy groups -OCH3 is 2. The Morgan fingerprint density at radius 3 is 2.52 bits per heavy atom. The molecule has 0 radical (unpaired) electrons. The van der Waals surface area contributed by atoms with Crippen LogP contribution in [0.25, 0.3) is 27.7 Å². The van der Waals surface area contributed by atoms with Gasteiger partial charge in [-0.25, -0.2) is 0 Å². The summed E-state index contributed by atoms with van der Waals surface area (Å²) in [7, 11) is 3.29. The van der Waals surface area contributed by atoms with Crippen molar-refractivity contribution in [1.82, 2.24) is 5.32 Å². The molecule has 0 saturated carbocycles. The maximum absolute atomic E-state index is 12.4. The number of hydrogen-bond acceptors (Lipinski definition) is 4. The number of benzene rings is 2. The molecular weight excluding hydrogens is 390 g/mol. The number of aryl methyl sites for hydroxylation is 1. The molecule has 0 saturated heterocycles. The van der Waals surface area contributed by atoms with Crippen molar-refractivity contribution < 1.29 is 18.7 Å². The highest BCUT2D eigenvalue weighted by Gasteiger charge is 2.18. The number of rotatable bonds is 9. The number of hydrogen-bond donors (Lipinski definition) is 1. The molecule has 0 aliphatic carbocycles. The summed E-state index contributed by atoms with van der Waals surface area (Å²) in [5, 5.41) is 3.94. The maximum atomic E-state index is 12.4. The Hall–Kier alpha value is -3.21. The second kappa shape index (κ2) is 10.2. The van der Waals surface area contributed by atoms with Crippen molar-refractivity contribution in [2.45, 2.75) is 40.0 Å². The summed E-state index contributed by atoms with van der Waals surface area (Å²) in [4.78, 5) is 12.4. The molecule has 3 aromatic rings. The van der Waals surface area contributed by atoms with Crippen molar-refractivity contribution in [3.63, 3.8) is 0 Å². The molecule has 5 nitrogen and oxygen atoms in total. The van der Waals surface area contributed by atoms with Crippen LogP contribution in [-0.2, 0) is 4.79 Å². The third-order valence-electron chi connectivity index (χ3n) is 5.50. The number of amides is 1. The lowest BCUT2D eigenvalue weighted by Gasteiger charge is -2.13. The summed E-state index contributed by atoms with van der Waals surface area (Å²) < 4.78 is 16.9. The van der Waals surface area contributed by atoms with Crippen LogP contribution in [0, 0.1) is 6.92 Å². The predicted molar refractivity (Wildman–Crippen MR) is 126 cm³/mol. The molecular formula is C26H31NO4. The Morgan fingerprint density at radius 1 is 1.13 bits per heavy atom. The number of carbonyl (C=O) groups is 1. The molecule has 1 amide bonds. The van der Waals surface area contributed by atoms with Crippen molar-refractivity contribution in [2.75, 3.05) is 20.8 Å². The van der Waals surface area contributed by atoms with Gasteiger partial charge in [0.15, 0.2) is 0 Å². The quantitative estimate of drug-likeness (QED) is 0.333. The number of ether oxygens (including phenoxy) is 2. The first-order chi connectivity index (χ1) is 15.0. The van der Waals surface area contributed by atoms with Gasteiger partial charge in [-0.05, 0) is 49.6 Å². The van der Waals surface area contributed by atoms with Gasteiger partial charge >= 0.3 is 0 Å². The minimum absolute atomic E-state index is 0.0871. The second-order valence-corrected chi connectivity index (χ2v) is 7.66. The van der Waals surface area contributed by atoms with E-state index in [-0.39, 0.29) is 5.91 Å². The van der Waals surface area contributed by atoms with E-state index in [2.05, 4.69) is 12.2 Å². The van der Waals surface area contributed by atoms with Gasteiger partial charge in [-0.2, -0.15) is 0 Å². The molecule has 1 aromatic heterocycles. The minimum Gasteiger partial charge on any atom is -0.497 e. The van der Waals surface area contributed by atoms with Crippen molar-refractivity contribution >= 4 is 22.4 Å². The number of furan rings is 1. The third-order valence-corrected chi connectivity index (χ3v) is 5.50. The van der Waals surface area contributed by atoms with Crippen molar-refractivity contribution in [2.24, 2.45) is 0 Å². The Bertz CT molecular complexity index is 1080. The average molecular weight is 422 g/mol. The van der Waals surface area contributed by atoms with Crippen molar-refractivity contribution in [1.29, 1.82) is 0 Å². The summed E-state index contributed by atoms with van der Waals surface area (Å²) in [6.07, 6.45) is 6.64. The molecule has 2 aromatic carbocycles. The summed E-state index contributed by atoms with van der Waals surface area (Å²) in [5.41, 5.74) is 5.44. The van der Waals surface area contributed by atoms with Crippen LogP contribution >= 0.6 is 0 Å². The number of allylic oxidation sites excluding steroid dienone is 1. The van der Waals surface area contributed by atoms with Gasteiger partial charge in [0.25, 0.3) is 0 Å². The molecule has 0 fully saturated rings. The van der Waals surface area contributed by atoms with Crippen molar-refractivity contribution in [3.8, 4) is 22.6 Å². The van der Waals surface area contributed by atoms with Gasteiger partial charge in [0, 0.05) is 34.7 Å². The topological polar surface area (TPSA) is 60.7 Å². The first-order valence-electron chi connectivity index (χ1n) is 10.7. The standard InChI is InChI=1S/C26H31NO4/c1-6-7-8-13-27-24(28)14-17(2)21-15-22-23(19-9-11-20(29-4)12-10-19)16-31-26(22)18(3)25(21)30-5/h9-12,14-16H,6-8,13H2,1-5H3,(H,27,28)/b17-14+. The van der Waals surface area contributed by atoms with Crippen LogP contribution in [0.1, 0.15) is 44.2 Å². The van der Waals surface area contributed by atoms with Crippen LogP contribution in [0.3, 0.4) is 0 Å². The minimum atomic E-state index is -0.0871. The van der Waals surface area contributed by atoms with E-state index in [9.17, 15) is 4.79 Å². The molecule has 31 heavy (non-hydrogen) atoms. The molecule has 0 atom stereocenters. The van der Waals surface area contributed by atoms with Crippen molar-refractivity contribution in [3.05, 3.63) is 53.8 Å². The van der Waals surface area contributed by atoms with E-state index < -0.39 is 0 Å². The Labute approximate surface area is 184 Å². The van der Waals surface area contributed by atoms with Gasteiger partial charge in [0.05, 0.1) is 20.5 Å². The molecule has 0 spiro atoms.